The smallest absolute Gasteiger partial charge is 0.416 e. The molecule has 2 aliphatic rings. The van der Waals surface area contributed by atoms with Gasteiger partial charge in [0.2, 0.25) is 0 Å². The predicted octanol–water partition coefficient (Wildman–Crippen LogP) is 6.02. The molecule has 2 N–H and O–H groups in total. The third-order valence-electron chi connectivity index (χ3n) is 8.07. The number of carboxylic acids is 1. The van der Waals surface area contributed by atoms with Gasteiger partial charge in [-0.25, -0.2) is 0 Å². The van der Waals surface area contributed by atoms with Gasteiger partial charge in [-0.05, 0) is 94.4 Å². The highest BCUT2D eigenvalue weighted by Gasteiger charge is 2.34. The number of benzene rings is 2. The number of anilines is 2. The van der Waals surface area contributed by atoms with Crippen molar-refractivity contribution in [2.45, 2.75) is 64.1 Å². The summed E-state index contributed by atoms with van der Waals surface area (Å²) >= 11 is 0. The van der Waals surface area contributed by atoms with Crippen molar-refractivity contribution in [1.82, 2.24) is 4.90 Å². The number of rotatable bonds is 6. The van der Waals surface area contributed by atoms with E-state index in [1.54, 1.807) is 38.1 Å². The number of nitrogens with one attached hydrogen (secondary N) is 1. The van der Waals surface area contributed by atoms with Crippen LogP contribution in [0.3, 0.4) is 0 Å². The first kappa shape index (κ1) is 28.0. The monoisotopic (exact) mass is 531 g/mol. The third kappa shape index (κ3) is 6.31. The lowest BCUT2D eigenvalue weighted by Crippen LogP contribution is -2.47. The van der Waals surface area contributed by atoms with Crippen LogP contribution in [0.4, 0.5) is 24.5 Å². The Labute approximate surface area is 221 Å². The Kier molecular flexibility index (Phi) is 8.06. The molecule has 2 aromatic rings. The summed E-state index contributed by atoms with van der Waals surface area (Å²) in [5.74, 6) is -0.893. The normalized spacial score (nSPS) is 18.4. The number of likely N-dealkylation sites (tertiary alicyclic amines) is 1. The van der Waals surface area contributed by atoms with E-state index < -0.39 is 29.0 Å². The van der Waals surface area contributed by atoms with Crippen LogP contribution in [-0.4, -0.2) is 54.1 Å². The molecule has 2 aromatic carbocycles. The third-order valence-corrected chi connectivity index (χ3v) is 8.07. The van der Waals surface area contributed by atoms with E-state index in [4.69, 9.17) is 0 Å². The molecule has 0 atom stereocenters. The summed E-state index contributed by atoms with van der Waals surface area (Å²) in [5, 5.41) is 12.1. The molecule has 38 heavy (non-hydrogen) atoms. The molecule has 2 aliphatic heterocycles. The van der Waals surface area contributed by atoms with Gasteiger partial charge in [0.15, 0.2) is 0 Å². The number of halogens is 3. The largest absolute Gasteiger partial charge is 0.481 e. The fraction of sp³-hybridized carbons (Fsp3) is 0.517. The van der Waals surface area contributed by atoms with Crippen LogP contribution in [0, 0.1) is 5.92 Å². The van der Waals surface area contributed by atoms with Crippen LogP contribution in [-0.2, 0) is 16.4 Å². The van der Waals surface area contributed by atoms with Crippen molar-refractivity contribution in [2.75, 3.05) is 36.4 Å². The SMILES string of the molecule is CC1CCN(C2CCN(c3cc(C(=O)Nc4ccc(C(C)(C)C(=O)O)cc4)cc(C(F)(F)F)c3)CC2)CC1. The Morgan fingerprint density at radius 2 is 1.50 bits per heavy atom. The fourth-order valence-corrected chi connectivity index (χ4v) is 5.27. The van der Waals surface area contributed by atoms with Gasteiger partial charge in [0.05, 0.1) is 11.0 Å². The van der Waals surface area contributed by atoms with E-state index in [1.165, 1.54) is 18.9 Å². The second-order valence-corrected chi connectivity index (χ2v) is 11.2. The van der Waals surface area contributed by atoms with E-state index in [-0.39, 0.29) is 5.56 Å². The van der Waals surface area contributed by atoms with Gasteiger partial charge in [-0.15, -0.1) is 0 Å². The van der Waals surface area contributed by atoms with Crippen molar-refractivity contribution in [3.63, 3.8) is 0 Å². The Balaban J connectivity index is 1.49. The number of alkyl halides is 3. The summed E-state index contributed by atoms with van der Waals surface area (Å²) in [6, 6.07) is 10.3. The molecule has 0 unspecified atom stereocenters. The first-order valence-corrected chi connectivity index (χ1v) is 13.2. The average molecular weight is 532 g/mol. The van der Waals surface area contributed by atoms with E-state index in [1.807, 2.05) is 4.90 Å². The molecular weight excluding hydrogens is 495 g/mol. The van der Waals surface area contributed by atoms with E-state index in [0.717, 1.165) is 44.0 Å². The number of hydrogen-bond donors (Lipinski definition) is 2. The van der Waals surface area contributed by atoms with Crippen molar-refractivity contribution in [3.8, 4) is 0 Å². The van der Waals surface area contributed by atoms with Crippen LogP contribution in [0.15, 0.2) is 42.5 Å². The summed E-state index contributed by atoms with van der Waals surface area (Å²) < 4.78 is 41.3. The number of nitrogens with zero attached hydrogens (tertiary/aromatic N) is 2. The number of amides is 1. The predicted molar refractivity (Wildman–Crippen MR) is 142 cm³/mol. The van der Waals surface area contributed by atoms with E-state index in [0.29, 0.717) is 36.1 Å². The lowest BCUT2D eigenvalue weighted by molar-refractivity contribution is -0.142. The lowest BCUT2D eigenvalue weighted by Gasteiger charge is -2.42. The maximum atomic E-state index is 13.8. The number of piperidine rings is 2. The Hall–Kier alpha value is -3.07. The minimum Gasteiger partial charge on any atom is -0.481 e. The van der Waals surface area contributed by atoms with Gasteiger partial charge >= 0.3 is 12.1 Å². The number of aliphatic carboxylic acids is 1. The quantitative estimate of drug-likeness (QED) is 0.477. The minimum absolute atomic E-state index is 0.0723. The van der Waals surface area contributed by atoms with Crippen LogP contribution >= 0.6 is 0 Å². The Morgan fingerprint density at radius 1 is 0.895 bits per heavy atom. The number of hydrogen-bond acceptors (Lipinski definition) is 4. The van der Waals surface area contributed by atoms with Crippen LogP contribution in [0.25, 0.3) is 0 Å². The fourth-order valence-electron chi connectivity index (χ4n) is 5.27. The van der Waals surface area contributed by atoms with Crippen LogP contribution < -0.4 is 10.2 Å². The van der Waals surface area contributed by atoms with Crippen LogP contribution in [0.1, 0.15) is 67.9 Å². The number of carbonyl (C=O) groups is 2. The molecule has 2 saturated heterocycles. The Morgan fingerprint density at radius 3 is 2.05 bits per heavy atom. The van der Waals surface area contributed by atoms with Gasteiger partial charge in [0, 0.05) is 36.1 Å². The molecule has 6 nitrogen and oxygen atoms in total. The molecule has 0 radical (unpaired) electrons. The van der Waals surface area contributed by atoms with Gasteiger partial charge in [-0.1, -0.05) is 19.1 Å². The van der Waals surface area contributed by atoms with E-state index in [2.05, 4.69) is 17.1 Å². The second-order valence-electron chi connectivity index (χ2n) is 11.2. The van der Waals surface area contributed by atoms with Gasteiger partial charge < -0.3 is 20.2 Å². The molecule has 0 aromatic heterocycles. The van der Waals surface area contributed by atoms with Crippen molar-refractivity contribution in [1.29, 1.82) is 0 Å². The maximum Gasteiger partial charge on any atom is 0.416 e. The molecule has 4 rings (SSSR count). The van der Waals surface area contributed by atoms with Crippen molar-refractivity contribution in [3.05, 3.63) is 59.2 Å². The summed E-state index contributed by atoms with van der Waals surface area (Å²) in [7, 11) is 0. The molecule has 0 bridgehead atoms. The summed E-state index contributed by atoms with van der Waals surface area (Å²) in [6.07, 6.45) is -0.451. The molecule has 0 spiro atoms. The highest BCUT2D eigenvalue weighted by Crippen LogP contribution is 2.35. The Bertz CT molecular complexity index is 1150. The summed E-state index contributed by atoms with van der Waals surface area (Å²) in [4.78, 5) is 29.0. The first-order chi connectivity index (χ1) is 17.8. The molecule has 0 aliphatic carbocycles. The second kappa shape index (κ2) is 11.0. The molecule has 2 fully saturated rings. The van der Waals surface area contributed by atoms with Gasteiger partial charge in [0.25, 0.3) is 5.91 Å². The van der Waals surface area contributed by atoms with Crippen molar-refractivity contribution < 1.29 is 27.9 Å². The van der Waals surface area contributed by atoms with Crippen molar-refractivity contribution >= 4 is 23.3 Å². The lowest BCUT2D eigenvalue weighted by atomic mass is 9.85. The molecule has 2 heterocycles. The standard InChI is InChI=1S/C29H36F3N3O3/c1-19-8-12-34(13-9-19)24-10-14-35(15-11-24)25-17-20(16-22(18-25)29(30,31)32)26(36)33-23-6-4-21(5-7-23)28(2,3)27(37)38/h4-7,16-19,24H,8-15H2,1-3H3,(H,33,36)(H,37,38). The van der Waals surface area contributed by atoms with Gasteiger partial charge in [-0.2, -0.15) is 13.2 Å². The number of carboxylic acid groups (broad SMARTS) is 1. The minimum atomic E-state index is -4.59. The molecule has 206 valence electrons. The zero-order chi connectivity index (χ0) is 27.7. The summed E-state index contributed by atoms with van der Waals surface area (Å²) in [5.41, 5.74) is -0.724. The topological polar surface area (TPSA) is 72.9 Å². The summed E-state index contributed by atoms with van der Waals surface area (Å²) in [6.45, 7) is 8.85. The van der Waals surface area contributed by atoms with Crippen LogP contribution in [0.5, 0.6) is 0 Å². The van der Waals surface area contributed by atoms with E-state index in [9.17, 15) is 27.9 Å². The molecule has 9 heteroatoms. The molecule has 1 amide bonds. The van der Waals surface area contributed by atoms with Crippen molar-refractivity contribution in [2.24, 2.45) is 5.92 Å². The highest BCUT2D eigenvalue weighted by molar-refractivity contribution is 6.05. The van der Waals surface area contributed by atoms with Gasteiger partial charge in [-0.3, -0.25) is 9.59 Å². The van der Waals surface area contributed by atoms with Crippen LogP contribution in [0.2, 0.25) is 0 Å². The van der Waals surface area contributed by atoms with E-state index >= 15 is 0 Å². The zero-order valence-corrected chi connectivity index (χ0v) is 22.1. The zero-order valence-electron chi connectivity index (χ0n) is 22.1. The number of carbonyl (C=O) groups excluding carboxylic acids is 1. The van der Waals surface area contributed by atoms with Gasteiger partial charge in [0.1, 0.15) is 0 Å². The highest BCUT2D eigenvalue weighted by atomic mass is 19.4. The molecule has 0 saturated carbocycles. The molecular formula is C29H36F3N3O3. The maximum absolute atomic E-state index is 13.8. The first-order valence-electron chi connectivity index (χ1n) is 13.2. The average Bonchev–Trinajstić information content (AvgIpc) is 2.88.